The summed E-state index contributed by atoms with van der Waals surface area (Å²) in [5.41, 5.74) is 3.08. The largest absolute Gasteiger partial charge is 0.325 e. The zero-order chi connectivity index (χ0) is 28.5. The lowest BCUT2D eigenvalue weighted by Gasteiger charge is -2.13. The number of thioether (sulfide) groups is 1. The van der Waals surface area contributed by atoms with E-state index in [0.29, 0.717) is 32.5 Å². The summed E-state index contributed by atoms with van der Waals surface area (Å²) in [6.45, 7) is 1.89. The van der Waals surface area contributed by atoms with E-state index in [1.165, 1.54) is 17.8 Å². The number of amides is 3. The number of aryl methyl sites for hydroxylation is 1. The number of carbonyl (C=O) groups is 3. The van der Waals surface area contributed by atoms with E-state index in [-0.39, 0.29) is 17.4 Å². The van der Waals surface area contributed by atoms with Crippen molar-refractivity contribution in [3.8, 4) is 0 Å². The molecule has 0 aliphatic carbocycles. The Morgan fingerprint density at radius 3 is 2.35 bits per heavy atom. The van der Waals surface area contributed by atoms with Crippen molar-refractivity contribution in [1.82, 2.24) is 5.32 Å². The van der Waals surface area contributed by atoms with Crippen LogP contribution in [0, 0.1) is 6.92 Å². The highest BCUT2D eigenvalue weighted by Gasteiger charge is 2.16. The summed E-state index contributed by atoms with van der Waals surface area (Å²) < 4.78 is 0. The maximum atomic E-state index is 13.3. The maximum Gasteiger partial charge on any atom is 0.272 e. The topological polar surface area (TPSA) is 87.3 Å². The average molecular weight is 591 g/mol. The van der Waals surface area contributed by atoms with Gasteiger partial charge in [-0.1, -0.05) is 71.7 Å². The molecule has 3 N–H and O–H groups in total. The maximum absolute atomic E-state index is 13.3. The van der Waals surface area contributed by atoms with Gasteiger partial charge in [0.05, 0.1) is 5.75 Å². The Balaban J connectivity index is 1.46. The van der Waals surface area contributed by atoms with E-state index in [4.69, 9.17) is 23.2 Å². The number of hydrogen-bond acceptors (Lipinski definition) is 4. The van der Waals surface area contributed by atoms with Crippen LogP contribution < -0.4 is 16.0 Å². The van der Waals surface area contributed by atoms with Gasteiger partial charge in [0.1, 0.15) is 5.70 Å². The van der Waals surface area contributed by atoms with Gasteiger partial charge in [0.2, 0.25) is 5.91 Å². The molecule has 0 spiro atoms. The fourth-order valence-corrected chi connectivity index (χ4v) is 4.73. The minimum absolute atomic E-state index is 0.0243. The minimum Gasteiger partial charge on any atom is -0.325 e. The molecular weight excluding hydrogens is 565 g/mol. The second-order valence-corrected chi connectivity index (χ2v) is 10.6. The number of anilines is 2. The Bertz CT molecular complexity index is 1580. The van der Waals surface area contributed by atoms with Gasteiger partial charge in [0.15, 0.2) is 0 Å². The molecule has 3 amide bonds. The van der Waals surface area contributed by atoms with Gasteiger partial charge in [-0.2, -0.15) is 0 Å². The standard InChI is InChI=1S/C31H25Cl2N3O3S/c1-20-14-15-23(32)17-27(20)35-29(37)19-40-25-12-7-11-24(18-25)34-31(39)28(16-22-10-5-6-13-26(22)33)36-30(38)21-8-3-2-4-9-21/h2-18H,19H2,1H3,(H,34,39)(H,35,37)(H,36,38)/b28-16+. The fraction of sp³-hybridized carbons (Fsp3) is 0.0645. The summed E-state index contributed by atoms with van der Waals surface area (Å²) in [6.07, 6.45) is 1.53. The third-order valence-electron chi connectivity index (χ3n) is 5.67. The number of rotatable bonds is 9. The summed E-state index contributed by atoms with van der Waals surface area (Å²) in [5, 5.41) is 9.37. The van der Waals surface area contributed by atoms with Crippen LogP contribution in [0.5, 0.6) is 0 Å². The van der Waals surface area contributed by atoms with Crippen LogP contribution in [0.4, 0.5) is 11.4 Å². The van der Waals surface area contributed by atoms with E-state index in [2.05, 4.69) is 16.0 Å². The first-order valence-electron chi connectivity index (χ1n) is 12.2. The summed E-state index contributed by atoms with van der Waals surface area (Å²) >= 11 is 13.7. The van der Waals surface area contributed by atoms with E-state index in [9.17, 15) is 14.4 Å². The van der Waals surface area contributed by atoms with E-state index in [1.54, 1.807) is 84.9 Å². The molecule has 0 atom stereocenters. The lowest BCUT2D eigenvalue weighted by molar-refractivity contribution is -0.114. The number of carbonyl (C=O) groups excluding carboxylic acids is 3. The molecule has 0 radical (unpaired) electrons. The van der Waals surface area contributed by atoms with Crippen molar-refractivity contribution in [3.05, 3.63) is 129 Å². The van der Waals surface area contributed by atoms with Gasteiger partial charge in [-0.05, 0) is 72.7 Å². The summed E-state index contributed by atoms with van der Waals surface area (Å²) in [5.74, 6) is -0.980. The molecule has 0 aliphatic rings. The molecule has 0 heterocycles. The SMILES string of the molecule is Cc1ccc(Cl)cc1NC(=O)CSc1cccc(NC(=O)/C(=C\c2ccccc2Cl)NC(=O)c2ccccc2)c1. The smallest absolute Gasteiger partial charge is 0.272 e. The lowest BCUT2D eigenvalue weighted by atomic mass is 10.1. The minimum atomic E-state index is -0.527. The van der Waals surface area contributed by atoms with Crippen LogP contribution in [0.15, 0.2) is 108 Å². The first-order valence-corrected chi connectivity index (χ1v) is 14.0. The van der Waals surface area contributed by atoms with Crippen molar-refractivity contribution in [3.63, 3.8) is 0 Å². The van der Waals surface area contributed by atoms with Crippen LogP contribution in [-0.2, 0) is 9.59 Å². The van der Waals surface area contributed by atoms with Gasteiger partial charge in [-0.15, -0.1) is 11.8 Å². The van der Waals surface area contributed by atoms with Gasteiger partial charge < -0.3 is 16.0 Å². The van der Waals surface area contributed by atoms with Crippen molar-refractivity contribution in [2.75, 3.05) is 16.4 Å². The molecule has 9 heteroatoms. The second kappa shape index (κ2) is 13.8. The number of benzene rings is 4. The third kappa shape index (κ3) is 8.23. The van der Waals surface area contributed by atoms with Gasteiger partial charge in [-0.25, -0.2) is 0 Å². The van der Waals surface area contributed by atoms with Crippen molar-refractivity contribution < 1.29 is 14.4 Å². The lowest BCUT2D eigenvalue weighted by Crippen LogP contribution is -2.30. The average Bonchev–Trinajstić information content (AvgIpc) is 2.95. The van der Waals surface area contributed by atoms with Gasteiger partial charge in [0.25, 0.3) is 11.8 Å². The van der Waals surface area contributed by atoms with E-state index in [1.807, 2.05) is 19.1 Å². The van der Waals surface area contributed by atoms with Crippen LogP contribution >= 0.6 is 35.0 Å². The Labute approximate surface area is 246 Å². The van der Waals surface area contributed by atoms with Gasteiger partial charge >= 0.3 is 0 Å². The van der Waals surface area contributed by atoms with E-state index < -0.39 is 11.8 Å². The fourth-order valence-electron chi connectivity index (χ4n) is 3.62. The molecule has 4 rings (SSSR count). The van der Waals surface area contributed by atoms with Crippen LogP contribution in [0.25, 0.3) is 6.08 Å². The molecule has 0 saturated heterocycles. The Morgan fingerprint density at radius 1 is 0.825 bits per heavy atom. The number of nitrogens with one attached hydrogen (secondary N) is 3. The zero-order valence-corrected chi connectivity index (χ0v) is 23.7. The van der Waals surface area contributed by atoms with Crippen LogP contribution in [0.2, 0.25) is 10.0 Å². The predicted molar refractivity (Wildman–Crippen MR) is 164 cm³/mol. The summed E-state index contributed by atoms with van der Waals surface area (Å²) in [6, 6.07) is 28.0. The molecule has 0 saturated carbocycles. The van der Waals surface area contributed by atoms with Gasteiger partial charge in [0, 0.05) is 31.9 Å². The monoisotopic (exact) mass is 589 g/mol. The highest BCUT2D eigenvalue weighted by Crippen LogP contribution is 2.24. The Morgan fingerprint density at radius 2 is 1.57 bits per heavy atom. The van der Waals surface area contributed by atoms with E-state index in [0.717, 1.165) is 10.5 Å². The second-order valence-electron chi connectivity index (χ2n) is 8.68. The molecular formula is C31H25Cl2N3O3S. The highest BCUT2D eigenvalue weighted by molar-refractivity contribution is 8.00. The number of halogens is 2. The molecule has 0 aromatic heterocycles. The quantitative estimate of drug-likeness (QED) is 0.140. The molecule has 40 heavy (non-hydrogen) atoms. The molecule has 0 bridgehead atoms. The van der Waals surface area contributed by atoms with Crippen LogP contribution in [0.3, 0.4) is 0 Å². The first kappa shape index (κ1) is 29.0. The van der Waals surface area contributed by atoms with E-state index >= 15 is 0 Å². The molecule has 0 aliphatic heterocycles. The molecule has 4 aromatic carbocycles. The van der Waals surface area contributed by atoms with Crippen LogP contribution in [-0.4, -0.2) is 23.5 Å². The summed E-state index contributed by atoms with van der Waals surface area (Å²) in [4.78, 5) is 39.5. The first-order chi connectivity index (χ1) is 19.3. The molecule has 202 valence electrons. The van der Waals surface area contributed by atoms with Crippen molar-refractivity contribution in [1.29, 1.82) is 0 Å². The van der Waals surface area contributed by atoms with Gasteiger partial charge in [-0.3, -0.25) is 14.4 Å². The molecule has 0 fully saturated rings. The highest BCUT2D eigenvalue weighted by atomic mass is 35.5. The molecule has 0 unspecified atom stereocenters. The predicted octanol–water partition coefficient (Wildman–Crippen LogP) is 7.44. The van der Waals surface area contributed by atoms with Crippen molar-refractivity contribution in [2.45, 2.75) is 11.8 Å². The Hall–Kier alpha value is -4.04. The molecule has 4 aromatic rings. The Kier molecular flexibility index (Phi) is 10.0. The van der Waals surface area contributed by atoms with Crippen LogP contribution in [0.1, 0.15) is 21.5 Å². The third-order valence-corrected chi connectivity index (χ3v) is 7.24. The zero-order valence-electron chi connectivity index (χ0n) is 21.4. The normalized spacial score (nSPS) is 11.0. The van der Waals surface area contributed by atoms with Crippen molar-refractivity contribution >= 4 is 70.1 Å². The summed E-state index contributed by atoms with van der Waals surface area (Å²) in [7, 11) is 0. The van der Waals surface area contributed by atoms with Crippen molar-refractivity contribution in [2.24, 2.45) is 0 Å². The molecule has 6 nitrogen and oxygen atoms in total. The number of hydrogen-bond donors (Lipinski definition) is 3.